The molecule has 0 radical (unpaired) electrons. The van der Waals surface area contributed by atoms with Crippen molar-refractivity contribution in [1.82, 2.24) is 4.98 Å². The molecule has 0 saturated heterocycles. The number of hydrogen-bond acceptors (Lipinski definition) is 2. The summed E-state index contributed by atoms with van der Waals surface area (Å²) < 4.78 is 0. The lowest BCUT2D eigenvalue weighted by Crippen LogP contribution is -1.89. The number of rotatable bonds is 1. The second kappa shape index (κ2) is 2.98. The van der Waals surface area contributed by atoms with Crippen molar-refractivity contribution in [3.63, 3.8) is 0 Å². The second-order valence-electron chi connectivity index (χ2n) is 2.99. The fourth-order valence-corrected chi connectivity index (χ4v) is 1.44. The van der Waals surface area contributed by atoms with Crippen molar-refractivity contribution >= 4 is 17.2 Å². The van der Waals surface area contributed by atoms with Crippen LogP contribution in [0.3, 0.4) is 0 Å². The van der Waals surface area contributed by atoms with Gasteiger partial charge in [-0.15, -0.1) is 0 Å². The minimum absolute atomic E-state index is 0.711. The van der Waals surface area contributed by atoms with Gasteiger partial charge >= 0.3 is 0 Å². The van der Waals surface area contributed by atoms with Crippen molar-refractivity contribution in [3.05, 3.63) is 41.6 Å². The Morgan fingerprint density at radius 1 is 1.31 bits per heavy atom. The maximum atomic E-state index is 10.7. The van der Waals surface area contributed by atoms with Crippen LogP contribution in [0, 0.1) is 6.92 Å². The summed E-state index contributed by atoms with van der Waals surface area (Å²) in [6.45, 7) is 1.89. The monoisotopic (exact) mass is 171 g/mol. The summed E-state index contributed by atoms with van der Waals surface area (Å²) in [5, 5.41) is 0.920. The van der Waals surface area contributed by atoms with Crippen molar-refractivity contribution in [2.75, 3.05) is 0 Å². The summed E-state index contributed by atoms with van der Waals surface area (Å²) in [6.07, 6.45) is 0.872. The van der Waals surface area contributed by atoms with Crippen molar-refractivity contribution in [2.24, 2.45) is 0 Å². The third kappa shape index (κ3) is 1.31. The van der Waals surface area contributed by atoms with Gasteiger partial charge in [-0.25, -0.2) is 0 Å². The molecule has 0 saturated carbocycles. The molecule has 1 aromatic carbocycles. The fourth-order valence-electron chi connectivity index (χ4n) is 1.44. The van der Waals surface area contributed by atoms with Gasteiger partial charge in [0, 0.05) is 16.6 Å². The molecule has 0 bridgehead atoms. The summed E-state index contributed by atoms with van der Waals surface area (Å²) in [5.74, 6) is 0. The van der Waals surface area contributed by atoms with Crippen LogP contribution in [0.25, 0.3) is 10.9 Å². The minimum atomic E-state index is 0.711. The molecule has 13 heavy (non-hydrogen) atoms. The molecule has 0 spiro atoms. The van der Waals surface area contributed by atoms with Gasteiger partial charge in [0.25, 0.3) is 0 Å². The van der Waals surface area contributed by atoms with Crippen molar-refractivity contribution in [1.29, 1.82) is 0 Å². The number of pyridine rings is 1. The number of aryl methyl sites for hydroxylation is 1. The molecule has 0 aliphatic carbocycles. The maximum Gasteiger partial charge on any atom is 0.150 e. The summed E-state index contributed by atoms with van der Waals surface area (Å²) in [7, 11) is 0. The largest absolute Gasteiger partial charge is 0.298 e. The van der Waals surface area contributed by atoms with Crippen LogP contribution in [-0.2, 0) is 0 Å². The topological polar surface area (TPSA) is 30.0 Å². The molecule has 0 aliphatic heterocycles. The number of nitrogens with zero attached hydrogens (tertiary/aromatic N) is 1. The quantitative estimate of drug-likeness (QED) is 0.616. The molecular formula is C11H9NO. The first kappa shape index (κ1) is 7.92. The maximum absolute atomic E-state index is 10.7. The van der Waals surface area contributed by atoms with E-state index in [0.29, 0.717) is 5.56 Å². The molecule has 1 aromatic heterocycles. The highest BCUT2D eigenvalue weighted by Crippen LogP contribution is 2.15. The Kier molecular flexibility index (Phi) is 1.81. The van der Waals surface area contributed by atoms with Crippen LogP contribution in [0.5, 0.6) is 0 Å². The smallest absolute Gasteiger partial charge is 0.150 e. The molecule has 0 aliphatic rings. The van der Waals surface area contributed by atoms with Gasteiger partial charge in [0.15, 0.2) is 6.29 Å². The average Bonchev–Trinajstić information content (AvgIpc) is 2.16. The first-order valence-electron chi connectivity index (χ1n) is 4.13. The van der Waals surface area contributed by atoms with E-state index in [1.165, 1.54) is 0 Å². The van der Waals surface area contributed by atoms with Crippen LogP contribution in [0.2, 0.25) is 0 Å². The lowest BCUT2D eigenvalue weighted by Gasteiger charge is -2.00. The number of fused-ring (bicyclic) bond motifs is 1. The molecule has 64 valence electrons. The van der Waals surface area contributed by atoms with E-state index < -0.39 is 0 Å². The number of hydrogen-bond donors (Lipinski definition) is 0. The molecule has 0 unspecified atom stereocenters. The predicted molar refractivity (Wildman–Crippen MR) is 51.9 cm³/mol. The zero-order chi connectivity index (χ0) is 9.26. The molecule has 0 amide bonds. The predicted octanol–water partition coefficient (Wildman–Crippen LogP) is 2.36. The lowest BCUT2D eigenvalue weighted by molar-refractivity contribution is 0.112. The van der Waals surface area contributed by atoms with E-state index in [2.05, 4.69) is 4.98 Å². The second-order valence-corrected chi connectivity index (χ2v) is 2.99. The van der Waals surface area contributed by atoms with E-state index in [0.717, 1.165) is 22.9 Å². The first-order valence-corrected chi connectivity index (χ1v) is 4.13. The Labute approximate surface area is 76.2 Å². The van der Waals surface area contributed by atoms with Crippen molar-refractivity contribution in [3.8, 4) is 0 Å². The normalized spacial score (nSPS) is 10.2. The van der Waals surface area contributed by atoms with Gasteiger partial charge in [-0.2, -0.15) is 0 Å². The van der Waals surface area contributed by atoms with E-state index >= 15 is 0 Å². The Morgan fingerprint density at radius 2 is 2.08 bits per heavy atom. The van der Waals surface area contributed by atoms with Gasteiger partial charge in [-0.3, -0.25) is 9.78 Å². The molecule has 0 N–H and O–H groups in total. The molecule has 2 aromatic rings. The van der Waals surface area contributed by atoms with Crippen LogP contribution in [-0.4, -0.2) is 11.3 Å². The van der Waals surface area contributed by atoms with Crippen LogP contribution in [0.4, 0.5) is 0 Å². The molecule has 0 fully saturated rings. The zero-order valence-corrected chi connectivity index (χ0v) is 7.32. The molecule has 2 rings (SSSR count). The summed E-state index contributed by atoms with van der Waals surface area (Å²) in [6, 6.07) is 9.45. The van der Waals surface area contributed by atoms with Crippen molar-refractivity contribution in [2.45, 2.75) is 6.92 Å². The number of aromatic nitrogens is 1. The van der Waals surface area contributed by atoms with Crippen LogP contribution < -0.4 is 0 Å². The molecule has 0 atom stereocenters. The SMILES string of the molecule is Cc1cc(C=O)c2ccccc2n1. The molecule has 1 heterocycles. The van der Waals surface area contributed by atoms with E-state index in [1.807, 2.05) is 31.2 Å². The lowest BCUT2D eigenvalue weighted by atomic mass is 10.1. The van der Waals surface area contributed by atoms with Gasteiger partial charge in [0.05, 0.1) is 5.52 Å². The summed E-state index contributed by atoms with van der Waals surface area (Å²) in [5.41, 5.74) is 2.47. The van der Waals surface area contributed by atoms with E-state index in [-0.39, 0.29) is 0 Å². The van der Waals surface area contributed by atoms with Crippen LogP contribution in [0.15, 0.2) is 30.3 Å². The van der Waals surface area contributed by atoms with E-state index in [4.69, 9.17) is 0 Å². The highest BCUT2D eigenvalue weighted by Gasteiger charge is 2.00. The van der Waals surface area contributed by atoms with Crippen molar-refractivity contribution < 1.29 is 4.79 Å². The van der Waals surface area contributed by atoms with Crippen LogP contribution >= 0.6 is 0 Å². The summed E-state index contributed by atoms with van der Waals surface area (Å²) >= 11 is 0. The Balaban J connectivity index is 2.89. The minimum Gasteiger partial charge on any atom is -0.298 e. The molecular weight excluding hydrogens is 162 g/mol. The number of benzene rings is 1. The number of carbonyl (C=O) groups is 1. The first-order chi connectivity index (χ1) is 6.31. The Bertz CT molecular complexity index is 463. The van der Waals surface area contributed by atoms with Crippen LogP contribution in [0.1, 0.15) is 16.1 Å². The molecule has 2 heteroatoms. The third-order valence-corrected chi connectivity index (χ3v) is 2.00. The fraction of sp³-hybridized carbons (Fsp3) is 0.0909. The third-order valence-electron chi connectivity index (χ3n) is 2.00. The summed E-state index contributed by atoms with van der Waals surface area (Å²) in [4.78, 5) is 15.1. The average molecular weight is 171 g/mol. The number of aldehydes is 1. The standard InChI is InChI=1S/C11H9NO/c1-8-6-9(7-13)10-4-2-3-5-11(10)12-8/h2-7H,1H3. The van der Waals surface area contributed by atoms with E-state index in [1.54, 1.807) is 6.07 Å². The number of para-hydroxylation sites is 1. The molecule has 2 nitrogen and oxygen atoms in total. The highest BCUT2D eigenvalue weighted by atomic mass is 16.1. The number of carbonyl (C=O) groups excluding carboxylic acids is 1. The van der Waals surface area contributed by atoms with Gasteiger partial charge in [0.1, 0.15) is 0 Å². The van der Waals surface area contributed by atoms with E-state index in [9.17, 15) is 4.79 Å². The Hall–Kier alpha value is -1.70. The van der Waals surface area contributed by atoms with Gasteiger partial charge < -0.3 is 0 Å². The highest BCUT2D eigenvalue weighted by molar-refractivity contribution is 5.96. The van der Waals surface area contributed by atoms with Gasteiger partial charge in [-0.05, 0) is 19.1 Å². The van der Waals surface area contributed by atoms with Gasteiger partial charge in [-0.1, -0.05) is 18.2 Å². The Morgan fingerprint density at radius 3 is 2.85 bits per heavy atom. The van der Waals surface area contributed by atoms with Gasteiger partial charge in [0.2, 0.25) is 0 Å². The zero-order valence-electron chi connectivity index (χ0n) is 7.32.